The lowest BCUT2D eigenvalue weighted by Gasteiger charge is -2.05. The standard InChI is InChI=1S/C15H16FN3O3S/c1-10-15(11(2)19(3)17-10)23(21,22)18-14(20)9-6-12-4-7-13(16)8-5-12/h4-9H,1-3H3,(H,18,20)/b9-6+. The summed E-state index contributed by atoms with van der Waals surface area (Å²) < 4.78 is 40.8. The molecule has 1 aromatic carbocycles. The molecule has 0 spiro atoms. The van der Waals surface area contributed by atoms with Crippen LogP contribution in [0.1, 0.15) is 17.0 Å². The maximum absolute atomic E-state index is 12.8. The summed E-state index contributed by atoms with van der Waals surface area (Å²) in [6.45, 7) is 3.16. The van der Waals surface area contributed by atoms with Crippen molar-refractivity contribution in [1.29, 1.82) is 0 Å². The number of benzene rings is 1. The van der Waals surface area contributed by atoms with Gasteiger partial charge in [0.1, 0.15) is 10.7 Å². The Balaban J connectivity index is 2.17. The second-order valence-electron chi connectivity index (χ2n) is 4.98. The second kappa shape index (κ2) is 6.33. The Kier molecular flexibility index (Phi) is 4.65. The van der Waals surface area contributed by atoms with E-state index in [-0.39, 0.29) is 4.90 Å². The average Bonchev–Trinajstić information content (AvgIpc) is 2.71. The van der Waals surface area contributed by atoms with Crippen molar-refractivity contribution >= 4 is 22.0 Å². The predicted molar refractivity (Wildman–Crippen MR) is 83.4 cm³/mol. The molecule has 0 atom stereocenters. The summed E-state index contributed by atoms with van der Waals surface area (Å²) in [6.07, 6.45) is 2.47. The van der Waals surface area contributed by atoms with Crippen LogP contribution < -0.4 is 4.72 Å². The first kappa shape index (κ1) is 16.9. The molecular formula is C15H16FN3O3S. The van der Waals surface area contributed by atoms with Gasteiger partial charge in [-0.2, -0.15) is 5.10 Å². The van der Waals surface area contributed by atoms with Crippen LogP contribution in [0.5, 0.6) is 0 Å². The number of nitrogens with one attached hydrogen (secondary N) is 1. The lowest BCUT2D eigenvalue weighted by Crippen LogP contribution is -2.29. The normalized spacial score (nSPS) is 11.8. The van der Waals surface area contributed by atoms with Crippen LogP contribution in [0.4, 0.5) is 4.39 Å². The van der Waals surface area contributed by atoms with Gasteiger partial charge in [-0.1, -0.05) is 12.1 Å². The molecule has 6 nitrogen and oxygen atoms in total. The number of nitrogens with zero attached hydrogens (tertiary/aromatic N) is 2. The van der Waals surface area contributed by atoms with Crippen LogP contribution in [0.25, 0.3) is 6.08 Å². The first-order valence-corrected chi connectivity index (χ1v) is 8.19. The number of hydrogen-bond acceptors (Lipinski definition) is 4. The number of rotatable bonds is 4. The van der Waals surface area contributed by atoms with E-state index in [1.165, 1.54) is 35.0 Å². The van der Waals surface area contributed by atoms with E-state index in [1.807, 2.05) is 4.72 Å². The number of aromatic nitrogens is 2. The van der Waals surface area contributed by atoms with E-state index in [4.69, 9.17) is 0 Å². The number of carbonyl (C=O) groups excluding carboxylic acids is 1. The molecule has 0 bridgehead atoms. The first-order chi connectivity index (χ1) is 10.7. The molecule has 0 aliphatic carbocycles. The smallest absolute Gasteiger partial charge is 0.267 e. The third-order valence-electron chi connectivity index (χ3n) is 3.24. The van der Waals surface area contributed by atoms with Crippen LogP contribution in [0.2, 0.25) is 0 Å². The van der Waals surface area contributed by atoms with Crippen molar-refractivity contribution in [2.45, 2.75) is 18.7 Å². The average molecular weight is 337 g/mol. The molecule has 122 valence electrons. The molecule has 8 heteroatoms. The minimum atomic E-state index is -4.01. The molecule has 0 unspecified atom stereocenters. The van der Waals surface area contributed by atoms with Gasteiger partial charge >= 0.3 is 0 Å². The molecule has 23 heavy (non-hydrogen) atoms. The summed E-state index contributed by atoms with van der Waals surface area (Å²) in [5, 5.41) is 4.02. The maximum atomic E-state index is 12.8. The van der Waals surface area contributed by atoms with Crippen molar-refractivity contribution in [3.63, 3.8) is 0 Å². The molecule has 0 saturated carbocycles. The summed E-state index contributed by atoms with van der Waals surface area (Å²) >= 11 is 0. The molecule has 2 rings (SSSR count). The maximum Gasteiger partial charge on any atom is 0.267 e. The number of aryl methyl sites for hydroxylation is 2. The Hall–Kier alpha value is -2.48. The van der Waals surface area contributed by atoms with Crippen LogP contribution in [-0.2, 0) is 21.9 Å². The topological polar surface area (TPSA) is 81.1 Å². The molecule has 0 fully saturated rings. The van der Waals surface area contributed by atoms with E-state index in [0.29, 0.717) is 17.0 Å². The summed E-state index contributed by atoms with van der Waals surface area (Å²) in [5.74, 6) is -1.19. The zero-order valence-electron chi connectivity index (χ0n) is 12.9. The molecule has 1 aromatic heterocycles. The number of hydrogen-bond donors (Lipinski definition) is 1. The highest BCUT2D eigenvalue weighted by Gasteiger charge is 2.24. The van der Waals surface area contributed by atoms with Gasteiger partial charge in [0.25, 0.3) is 15.9 Å². The van der Waals surface area contributed by atoms with E-state index in [0.717, 1.165) is 6.08 Å². The summed E-state index contributed by atoms with van der Waals surface area (Å²) in [4.78, 5) is 11.8. The molecule has 2 aromatic rings. The zero-order chi connectivity index (χ0) is 17.2. The first-order valence-electron chi connectivity index (χ1n) is 6.71. The van der Waals surface area contributed by atoms with Gasteiger partial charge in [0.05, 0.1) is 11.4 Å². The molecule has 1 N–H and O–H groups in total. The summed E-state index contributed by atoms with van der Waals surface area (Å²) in [6, 6.07) is 5.44. The minimum absolute atomic E-state index is 0.0106. The second-order valence-corrected chi connectivity index (χ2v) is 6.60. The Morgan fingerprint density at radius 3 is 2.39 bits per heavy atom. The molecule has 0 aliphatic rings. The van der Waals surface area contributed by atoms with Crippen molar-refractivity contribution in [3.05, 3.63) is 53.1 Å². The highest BCUT2D eigenvalue weighted by molar-refractivity contribution is 7.90. The number of halogens is 1. The van der Waals surface area contributed by atoms with Crippen molar-refractivity contribution in [2.24, 2.45) is 7.05 Å². The molecule has 1 heterocycles. The molecular weight excluding hydrogens is 321 g/mol. The zero-order valence-corrected chi connectivity index (χ0v) is 13.7. The minimum Gasteiger partial charge on any atom is -0.271 e. The van der Waals surface area contributed by atoms with Gasteiger partial charge in [-0.15, -0.1) is 0 Å². The van der Waals surface area contributed by atoms with Crippen molar-refractivity contribution in [3.8, 4) is 0 Å². The van der Waals surface area contributed by atoms with Crippen molar-refractivity contribution in [1.82, 2.24) is 14.5 Å². The van der Waals surface area contributed by atoms with Crippen molar-refractivity contribution < 1.29 is 17.6 Å². The van der Waals surface area contributed by atoms with E-state index in [1.54, 1.807) is 20.9 Å². The fraction of sp³-hybridized carbons (Fsp3) is 0.200. The Morgan fingerprint density at radius 1 is 1.26 bits per heavy atom. The molecule has 1 amide bonds. The van der Waals surface area contributed by atoms with Crippen LogP contribution in [0.3, 0.4) is 0 Å². The summed E-state index contributed by atoms with van der Waals surface area (Å²) in [5.41, 5.74) is 1.32. The Bertz CT molecular complexity index is 868. The SMILES string of the molecule is Cc1nn(C)c(C)c1S(=O)(=O)NC(=O)/C=C/c1ccc(F)cc1. The van der Waals surface area contributed by atoms with Crippen molar-refractivity contribution in [2.75, 3.05) is 0 Å². The molecule has 0 radical (unpaired) electrons. The number of amides is 1. The quantitative estimate of drug-likeness (QED) is 0.861. The Morgan fingerprint density at radius 2 is 1.87 bits per heavy atom. The lowest BCUT2D eigenvalue weighted by atomic mass is 10.2. The fourth-order valence-electron chi connectivity index (χ4n) is 2.11. The number of sulfonamides is 1. The third kappa shape index (κ3) is 3.84. The third-order valence-corrected chi connectivity index (χ3v) is 4.84. The lowest BCUT2D eigenvalue weighted by molar-refractivity contribution is -0.114. The summed E-state index contributed by atoms with van der Waals surface area (Å²) in [7, 11) is -2.38. The molecule has 0 aliphatic heterocycles. The fourth-order valence-corrected chi connectivity index (χ4v) is 3.49. The highest BCUT2D eigenvalue weighted by Crippen LogP contribution is 2.18. The van der Waals surface area contributed by atoms with Gasteiger partial charge in [0.2, 0.25) is 0 Å². The van der Waals surface area contributed by atoms with Crippen LogP contribution in [0.15, 0.2) is 35.2 Å². The van der Waals surface area contributed by atoms with Gasteiger partial charge in [-0.3, -0.25) is 9.48 Å². The van der Waals surface area contributed by atoms with Gasteiger partial charge in [-0.05, 0) is 37.6 Å². The van der Waals surface area contributed by atoms with Gasteiger partial charge < -0.3 is 0 Å². The number of carbonyl (C=O) groups is 1. The van der Waals surface area contributed by atoms with E-state index >= 15 is 0 Å². The van der Waals surface area contributed by atoms with Gasteiger partial charge in [0, 0.05) is 13.1 Å². The monoisotopic (exact) mass is 337 g/mol. The van der Waals surface area contributed by atoms with Gasteiger partial charge in [0.15, 0.2) is 0 Å². The van der Waals surface area contributed by atoms with Crippen LogP contribution in [-0.4, -0.2) is 24.1 Å². The van der Waals surface area contributed by atoms with E-state index in [9.17, 15) is 17.6 Å². The van der Waals surface area contributed by atoms with Crippen LogP contribution >= 0.6 is 0 Å². The predicted octanol–water partition coefficient (Wildman–Crippen LogP) is 1.69. The molecule has 0 saturated heterocycles. The van der Waals surface area contributed by atoms with E-state index in [2.05, 4.69) is 5.10 Å². The highest BCUT2D eigenvalue weighted by atomic mass is 32.2. The largest absolute Gasteiger partial charge is 0.271 e. The van der Waals surface area contributed by atoms with Crippen LogP contribution in [0, 0.1) is 19.7 Å². The van der Waals surface area contributed by atoms with E-state index < -0.39 is 21.7 Å². The Labute approximate surface area is 133 Å². The van der Waals surface area contributed by atoms with Gasteiger partial charge in [-0.25, -0.2) is 17.5 Å².